The number of nitrogens with zero attached hydrogens (tertiary/aromatic N) is 1. The Labute approximate surface area is 155 Å². The van der Waals surface area contributed by atoms with Crippen LogP contribution in [0.15, 0.2) is 54.6 Å². The van der Waals surface area contributed by atoms with Gasteiger partial charge in [0.05, 0.1) is 6.04 Å². The first-order valence-electron chi connectivity index (χ1n) is 9.65. The molecule has 4 nitrogen and oxygen atoms in total. The van der Waals surface area contributed by atoms with Crippen molar-refractivity contribution in [3.05, 3.63) is 71.3 Å². The number of fused-ring (bicyclic) bond motifs is 1. The average molecular weight is 349 g/mol. The van der Waals surface area contributed by atoms with E-state index in [1.54, 1.807) is 0 Å². The Kier molecular flexibility index (Phi) is 5.32. The summed E-state index contributed by atoms with van der Waals surface area (Å²) in [7, 11) is 0. The van der Waals surface area contributed by atoms with Gasteiger partial charge < -0.3 is 10.6 Å². The molecule has 1 fully saturated rings. The van der Waals surface area contributed by atoms with Crippen LogP contribution in [0.25, 0.3) is 0 Å². The minimum absolute atomic E-state index is 0.104. The van der Waals surface area contributed by atoms with Crippen LogP contribution in [0.5, 0.6) is 0 Å². The Bertz CT molecular complexity index is 738. The summed E-state index contributed by atoms with van der Waals surface area (Å²) < 4.78 is 0. The van der Waals surface area contributed by atoms with Gasteiger partial charge in [0.1, 0.15) is 0 Å². The maximum atomic E-state index is 12.7. The lowest BCUT2D eigenvalue weighted by Gasteiger charge is -2.34. The third-order valence-corrected chi connectivity index (χ3v) is 5.58. The molecule has 4 rings (SSSR count). The number of piperidine rings is 1. The number of hydrogen-bond acceptors (Lipinski definition) is 3. The number of hydrogen-bond donors (Lipinski definition) is 2. The van der Waals surface area contributed by atoms with Crippen molar-refractivity contribution in [2.45, 2.75) is 44.4 Å². The fraction of sp³-hybridized carbons (Fsp3) is 0.409. The highest BCUT2D eigenvalue weighted by Gasteiger charge is 2.27. The number of carbonyl (C=O) groups is 1. The lowest BCUT2D eigenvalue weighted by atomic mass is 9.95. The zero-order chi connectivity index (χ0) is 17.8. The van der Waals surface area contributed by atoms with Crippen LogP contribution in [0.1, 0.15) is 29.5 Å². The summed E-state index contributed by atoms with van der Waals surface area (Å²) in [6.07, 6.45) is 2.85. The summed E-state index contributed by atoms with van der Waals surface area (Å²) in [4.78, 5) is 15.1. The van der Waals surface area contributed by atoms with Crippen LogP contribution in [0.2, 0.25) is 0 Å². The molecule has 2 aliphatic heterocycles. The van der Waals surface area contributed by atoms with Gasteiger partial charge in [0.2, 0.25) is 5.91 Å². The van der Waals surface area contributed by atoms with Crippen molar-refractivity contribution in [2.24, 2.45) is 0 Å². The molecule has 1 atom stereocenters. The second-order valence-electron chi connectivity index (χ2n) is 7.45. The minimum Gasteiger partial charge on any atom is -0.352 e. The van der Waals surface area contributed by atoms with Gasteiger partial charge in [-0.1, -0.05) is 54.6 Å². The van der Waals surface area contributed by atoms with Crippen molar-refractivity contribution in [3.8, 4) is 0 Å². The quantitative estimate of drug-likeness (QED) is 0.891. The first-order chi connectivity index (χ1) is 12.8. The van der Waals surface area contributed by atoms with E-state index in [4.69, 9.17) is 0 Å². The molecule has 136 valence electrons. The van der Waals surface area contributed by atoms with Gasteiger partial charge >= 0.3 is 0 Å². The van der Waals surface area contributed by atoms with E-state index in [9.17, 15) is 4.79 Å². The van der Waals surface area contributed by atoms with E-state index in [1.165, 1.54) is 16.7 Å². The molecule has 0 radical (unpaired) electrons. The van der Waals surface area contributed by atoms with Crippen molar-refractivity contribution >= 4 is 5.91 Å². The Balaban J connectivity index is 1.25. The zero-order valence-electron chi connectivity index (χ0n) is 15.2. The summed E-state index contributed by atoms with van der Waals surface area (Å²) in [6.45, 7) is 3.87. The minimum atomic E-state index is -0.104. The molecule has 2 heterocycles. The van der Waals surface area contributed by atoms with Crippen LogP contribution < -0.4 is 10.6 Å². The summed E-state index contributed by atoms with van der Waals surface area (Å²) >= 11 is 0. The van der Waals surface area contributed by atoms with Crippen molar-refractivity contribution in [1.82, 2.24) is 15.5 Å². The highest BCUT2D eigenvalue weighted by molar-refractivity contribution is 5.82. The first kappa shape index (κ1) is 17.3. The molecule has 0 aliphatic carbocycles. The zero-order valence-corrected chi connectivity index (χ0v) is 15.2. The molecule has 2 N–H and O–H groups in total. The Morgan fingerprint density at radius 3 is 2.46 bits per heavy atom. The van der Waals surface area contributed by atoms with Crippen LogP contribution in [0.3, 0.4) is 0 Å². The summed E-state index contributed by atoms with van der Waals surface area (Å²) in [6, 6.07) is 19.2. The third-order valence-electron chi connectivity index (χ3n) is 5.58. The Morgan fingerprint density at radius 2 is 1.69 bits per heavy atom. The van der Waals surface area contributed by atoms with Gasteiger partial charge in [-0.25, -0.2) is 0 Å². The number of nitrogens with one attached hydrogen (secondary N) is 2. The van der Waals surface area contributed by atoms with Crippen LogP contribution in [0.4, 0.5) is 0 Å². The summed E-state index contributed by atoms with van der Waals surface area (Å²) in [5.74, 6) is 0.154. The number of likely N-dealkylation sites (tertiary alicyclic amines) is 1. The smallest absolute Gasteiger partial charge is 0.237 e. The molecule has 2 aromatic carbocycles. The maximum absolute atomic E-state index is 12.7. The normalized spacial score (nSPS) is 21.2. The van der Waals surface area contributed by atoms with Crippen LogP contribution in [-0.4, -0.2) is 36.0 Å². The molecule has 0 aromatic heterocycles. The third kappa shape index (κ3) is 4.14. The largest absolute Gasteiger partial charge is 0.352 e. The molecular weight excluding hydrogens is 322 g/mol. The van der Waals surface area contributed by atoms with Crippen LogP contribution in [-0.2, 0) is 24.3 Å². The molecule has 2 aromatic rings. The van der Waals surface area contributed by atoms with Gasteiger partial charge in [-0.3, -0.25) is 9.69 Å². The number of carbonyl (C=O) groups excluding carboxylic acids is 1. The molecule has 26 heavy (non-hydrogen) atoms. The van der Waals surface area contributed by atoms with Gasteiger partial charge in [-0.15, -0.1) is 0 Å². The Morgan fingerprint density at radius 1 is 1.00 bits per heavy atom. The lowest BCUT2D eigenvalue weighted by Crippen LogP contribution is -2.52. The number of rotatable bonds is 4. The van der Waals surface area contributed by atoms with E-state index in [2.05, 4.69) is 70.1 Å². The second kappa shape index (κ2) is 8.02. The molecule has 1 saturated heterocycles. The molecule has 0 bridgehead atoms. The van der Waals surface area contributed by atoms with E-state index in [-0.39, 0.29) is 11.9 Å². The monoisotopic (exact) mass is 349 g/mol. The highest BCUT2D eigenvalue weighted by atomic mass is 16.2. The second-order valence-corrected chi connectivity index (χ2v) is 7.45. The van der Waals surface area contributed by atoms with E-state index in [1.807, 2.05) is 0 Å². The molecule has 2 aliphatic rings. The molecular formula is C22H27N3O. The van der Waals surface area contributed by atoms with E-state index >= 15 is 0 Å². The predicted octanol–water partition coefficient (Wildman–Crippen LogP) is 2.48. The van der Waals surface area contributed by atoms with Gasteiger partial charge in [-0.2, -0.15) is 0 Å². The van der Waals surface area contributed by atoms with Gasteiger partial charge in [-0.05, 0) is 36.0 Å². The topological polar surface area (TPSA) is 44.4 Å². The van der Waals surface area contributed by atoms with Crippen molar-refractivity contribution in [1.29, 1.82) is 0 Å². The van der Waals surface area contributed by atoms with Crippen LogP contribution in [0, 0.1) is 0 Å². The van der Waals surface area contributed by atoms with E-state index in [0.717, 1.165) is 45.4 Å². The molecule has 0 spiro atoms. The van der Waals surface area contributed by atoms with Gasteiger partial charge in [0.15, 0.2) is 0 Å². The summed E-state index contributed by atoms with van der Waals surface area (Å²) in [5, 5.41) is 6.66. The van der Waals surface area contributed by atoms with Crippen molar-refractivity contribution in [3.63, 3.8) is 0 Å². The van der Waals surface area contributed by atoms with Crippen molar-refractivity contribution < 1.29 is 4.79 Å². The van der Waals surface area contributed by atoms with Crippen LogP contribution >= 0.6 is 0 Å². The Hall–Kier alpha value is -2.17. The van der Waals surface area contributed by atoms with Gasteiger partial charge in [0, 0.05) is 32.2 Å². The standard InChI is InChI=1S/C22H27N3O/c26-22(21-14-18-8-4-5-9-19(18)15-23-21)24-20-10-12-25(13-11-20)16-17-6-2-1-3-7-17/h1-9,20-21,23H,10-16H2,(H,24,26). The maximum Gasteiger partial charge on any atom is 0.237 e. The van der Waals surface area contributed by atoms with Gasteiger partial charge in [0.25, 0.3) is 0 Å². The predicted molar refractivity (Wildman–Crippen MR) is 104 cm³/mol. The molecule has 1 amide bonds. The lowest BCUT2D eigenvalue weighted by molar-refractivity contribution is -0.124. The molecule has 1 unspecified atom stereocenters. The van der Waals surface area contributed by atoms with E-state index < -0.39 is 0 Å². The molecule has 0 saturated carbocycles. The molecule has 4 heteroatoms. The van der Waals surface area contributed by atoms with Crippen molar-refractivity contribution in [2.75, 3.05) is 13.1 Å². The SMILES string of the molecule is O=C(NC1CCN(Cc2ccccc2)CC1)C1Cc2ccccc2CN1. The summed E-state index contributed by atoms with van der Waals surface area (Å²) in [5.41, 5.74) is 3.97. The fourth-order valence-corrected chi connectivity index (χ4v) is 4.02. The highest BCUT2D eigenvalue weighted by Crippen LogP contribution is 2.18. The number of amides is 1. The fourth-order valence-electron chi connectivity index (χ4n) is 4.02. The van der Waals surface area contributed by atoms with E-state index in [0.29, 0.717) is 6.04 Å². The first-order valence-corrected chi connectivity index (χ1v) is 9.65. The average Bonchev–Trinajstić information content (AvgIpc) is 2.70. The number of benzene rings is 2.